The Hall–Kier alpha value is -2.12. The fourth-order valence-corrected chi connectivity index (χ4v) is 2.58. The Balaban J connectivity index is 2.33. The Morgan fingerprint density at radius 1 is 1.42 bits per heavy atom. The van der Waals surface area contributed by atoms with Gasteiger partial charge in [0.05, 0.1) is 12.3 Å². The van der Waals surface area contributed by atoms with Crippen molar-refractivity contribution in [3.05, 3.63) is 40.4 Å². The van der Waals surface area contributed by atoms with Gasteiger partial charge in [-0.1, -0.05) is 18.1 Å². The Kier molecular flexibility index (Phi) is 3.98. The molecule has 0 unspecified atom stereocenters. The van der Waals surface area contributed by atoms with Crippen LogP contribution in [-0.2, 0) is 4.74 Å². The van der Waals surface area contributed by atoms with Gasteiger partial charge in [0.2, 0.25) is 0 Å². The van der Waals surface area contributed by atoms with Crippen LogP contribution in [0.1, 0.15) is 27.9 Å². The van der Waals surface area contributed by atoms with Crippen molar-refractivity contribution in [1.82, 2.24) is 4.98 Å². The molecule has 0 spiro atoms. The van der Waals surface area contributed by atoms with Gasteiger partial charge in [-0.15, -0.1) is 17.8 Å². The van der Waals surface area contributed by atoms with E-state index in [-0.39, 0.29) is 5.97 Å². The number of aryl methyl sites for hydroxylation is 1. The van der Waals surface area contributed by atoms with Crippen LogP contribution in [0.3, 0.4) is 0 Å². The number of nitrogens with zero attached hydrogens (tertiary/aromatic N) is 1. The molecule has 2 rings (SSSR count). The number of hydrogen-bond acceptors (Lipinski definition) is 4. The summed E-state index contributed by atoms with van der Waals surface area (Å²) in [5.41, 5.74) is 2.46. The number of hydrogen-bond donors (Lipinski definition) is 0. The number of thiazole rings is 1. The van der Waals surface area contributed by atoms with E-state index in [1.165, 1.54) is 11.3 Å². The summed E-state index contributed by atoms with van der Waals surface area (Å²) < 4.78 is 5.00. The third kappa shape index (κ3) is 2.83. The number of carbonyl (C=O) groups is 1. The highest BCUT2D eigenvalue weighted by Crippen LogP contribution is 2.28. The number of carbonyl (C=O) groups excluding carboxylic acids is 1. The highest BCUT2D eigenvalue weighted by Gasteiger charge is 2.16. The van der Waals surface area contributed by atoms with Gasteiger partial charge in [0, 0.05) is 11.1 Å². The smallest absolute Gasteiger partial charge is 0.350 e. The van der Waals surface area contributed by atoms with Crippen molar-refractivity contribution >= 4 is 17.3 Å². The molecule has 0 aliphatic heterocycles. The van der Waals surface area contributed by atoms with Crippen molar-refractivity contribution in [2.75, 3.05) is 6.61 Å². The van der Waals surface area contributed by atoms with E-state index in [0.29, 0.717) is 17.2 Å². The first-order valence-electron chi connectivity index (χ1n) is 5.87. The topological polar surface area (TPSA) is 39.2 Å². The van der Waals surface area contributed by atoms with Crippen LogP contribution in [0, 0.1) is 19.3 Å². The lowest BCUT2D eigenvalue weighted by Crippen LogP contribution is -2.03. The van der Waals surface area contributed by atoms with E-state index < -0.39 is 0 Å². The molecular formula is C15H13NO2S. The zero-order valence-electron chi connectivity index (χ0n) is 10.8. The highest BCUT2D eigenvalue weighted by molar-refractivity contribution is 7.17. The number of terminal acetylenes is 1. The van der Waals surface area contributed by atoms with Gasteiger partial charge in [0.15, 0.2) is 0 Å². The van der Waals surface area contributed by atoms with Gasteiger partial charge in [-0.3, -0.25) is 0 Å². The molecule has 4 heteroatoms. The third-order valence-electron chi connectivity index (χ3n) is 2.56. The largest absolute Gasteiger partial charge is 0.462 e. The van der Waals surface area contributed by atoms with Crippen LogP contribution >= 0.6 is 11.3 Å². The molecule has 0 amide bonds. The quantitative estimate of drug-likeness (QED) is 0.635. The lowest BCUT2D eigenvalue weighted by molar-refractivity contribution is 0.0531. The molecule has 0 aliphatic carbocycles. The number of aromatic nitrogens is 1. The molecule has 0 aliphatic rings. The summed E-state index contributed by atoms with van der Waals surface area (Å²) in [6, 6.07) is 7.52. The molecule has 0 saturated carbocycles. The molecule has 0 atom stereocenters. The summed E-state index contributed by atoms with van der Waals surface area (Å²) in [5.74, 6) is 2.25. The molecule has 19 heavy (non-hydrogen) atoms. The standard InChI is InChI=1S/C15H13NO2S/c1-4-11-6-8-12(9-7-11)14-16-10(3)13(19-14)15(17)18-5-2/h1,6-9H,5H2,2-3H3. The minimum atomic E-state index is -0.316. The first-order valence-corrected chi connectivity index (χ1v) is 6.69. The van der Waals surface area contributed by atoms with Crippen LogP contribution in [0.4, 0.5) is 0 Å². The van der Waals surface area contributed by atoms with Gasteiger partial charge in [0.25, 0.3) is 0 Å². The summed E-state index contributed by atoms with van der Waals surface area (Å²) in [6.07, 6.45) is 5.32. The summed E-state index contributed by atoms with van der Waals surface area (Å²) >= 11 is 1.34. The predicted molar refractivity (Wildman–Crippen MR) is 76.2 cm³/mol. The second-order valence-electron chi connectivity index (χ2n) is 3.88. The lowest BCUT2D eigenvalue weighted by atomic mass is 10.1. The monoisotopic (exact) mass is 271 g/mol. The molecule has 0 saturated heterocycles. The molecule has 1 heterocycles. The van der Waals surface area contributed by atoms with E-state index in [9.17, 15) is 4.79 Å². The maximum Gasteiger partial charge on any atom is 0.350 e. The van der Waals surface area contributed by atoms with Gasteiger partial charge < -0.3 is 4.74 Å². The fraction of sp³-hybridized carbons (Fsp3) is 0.200. The van der Waals surface area contributed by atoms with Crippen LogP contribution < -0.4 is 0 Å². The third-order valence-corrected chi connectivity index (χ3v) is 3.74. The number of rotatable bonds is 3. The zero-order valence-corrected chi connectivity index (χ0v) is 11.6. The van der Waals surface area contributed by atoms with Gasteiger partial charge in [0.1, 0.15) is 9.88 Å². The summed E-state index contributed by atoms with van der Waals surface area (Å²) in [6.45, 7) is 3.96. The van der Waals surface area contributed by atoms with Crippen molar-refractivity contribution in [2.24, 2.45) is 0 Å². The molecule has 0 radical (unpaired) electrons. The zero-order chi connectivity index (χ0) is 13.8. The maximum atomic E-state index is 11.7. The van der Waals surface area contributed by atoms with Gasteiger partial charge in [-0.25, -0.2) is 9.78 Å². The minimum absolute atomic E-state index is 0.316. The number of esters is 1. The summed E-state index contributed by atoms with van der Waals surface area (Å²) in [4.78, 5) is 16.7. The second kappa shape index (κ2) is 5.68. The van der Waals surface area contributed by atoms with Gasteiger partial charge in [-0.05, 0) is 26.0 Å². The van der Waals surface area contributed by atoms with Crippen molar-refractivity contribution < 1.29 is 9.53 Å². The molecule has 96 valence electrons. The molecule has 0 bridgehead atoms. The van der Waals surface area contributed by atoms with Crippen molar-refractivity contribution in [3.63, 3.8) is 0 Å². The van der Waals surface area contributed by atoms with Crippen molar-refractivity contribution in [2.45, 2.75) is 13.8 Å². The summed E-state index contributed by atoms with van der Waals surface area (Å²) in [7, 11) is 0. The van der Waals surface area contributed by atoms with E-state index in [2.05, 4.69) is 10.9 Å². The Bertz CT molecular complexity index is 635. The molecule has 3 nitrogen and oxygen atoms in total. The Morgan fingerprint density at radius 2 is 2.11 bits per heavy atom. The SMILES string of the molecule is C#Cc1ccc(-c2nc(C)c(C(=O)OCC)s2)cc1. The van der Waals surface area contributed by atoms with Crippen LogP contribution in [0.25, 0.3) is 10.6 Å². The first kappa shape index (κ1) is 13.3. The fourth-order valence-electron chi connectivity index (χ4n) is 1.61. The Labute approximate surface area is 116 Å². The van der Waals surface area contributed by atoms with E-state index in [4.69, 9.17) is 11.2 Å². The predicted octanol–water partition coefficient (Wildman–Crippen LogP) is 3.28. The second-order valence-corrected chi connectivity index (χ2v) is 4.87. The normalized spacial score (nSPS) is 9.95. The average Bonchev–Trinajstić information content (AvgIpc) is 2.81. The molecule has 2 aromatic rings. The number of ether oxygens (including phenoxy) is 1. The average molecular weight is 271 g/mol. The summed E-state index contributed by atoms with van der Waals surface area (Å²) in [5, 5.41) is 0.795. The van der Waals surface area contributed by atoms with Crippen LogP contribution in [0.5, 0.6) is 0 Å². The molecular weight excluding hydrogens is 258 g/mol. The Morgan fingerprint density at radius 3 is 2.68 bits per heavy atom. The van der Waals surface area contributed by atoms with E-state index in [1.807, 2.05) is 31.2 Å². The van der Waals surface area contributed by atoms with E-state index >= 15 is 0 Å². The molecule has 1 aromatic heterocycles. The molecule has 0 N–H and O–H groups in total. The number of benzene rings is 1. The van der Waals surface area contributed by atoms with Gasteiger partial charge in [-0.2, -0.15) is 0 Å². The van der Waals surface area contributed by atoms with Crippen molar-refractivity contribution in [1.29, 1.82) is 0 Å². The molecule has 1 aromatic carbocycles. The first-order chi connectivity index (χ1) is 9.15. The minimum Gasteiger partial charge on any atom is -0.462 e. The lowest BCUT2D eigenvalue weighted by Gasteiger charge is -1.98. The maximum absolute atomic E-state index is 11.7. The van der Waals surface area contributed by atoms with Crippen molar-refractivity contribution in [3.8, 4) is 22.9 Å². The van der Waals surface area contributed by atoms with E-state index in [1.54, 1.807) is 6.92 Å². The van der Waals surface area contributed by atoms with E-state index in [0.717, 1.165) is 16.1 Å². The van der Waals surface area contributed by atoms with Crippen LogP contribution in [0.2, 0.25) is 0 Å². The molecule has 0 fully saturated rings. The van der Waals surface area contributed by atoms with Crippen LogP contribution in [0.15, 0.2) is 24.3 Å². The van der Waals surface area contributed by atoms with Gasteiger partial charge >= 0.3 is 5.97 Å². The van der Waals surface area contributed by atoms with Crippen LogP contribution in [-0.4, -0.2) is 17.6 Å². The highest BCUT2D eigenvalue weighted by atomic mass is 32.1.